The van der Waals surface area contributed by atoms with Gasteiger partial charge in [-0.3, -0.25) is 0 Å². The molecule has 3 rings (SSSR count). The van der Waals surface area contributed by atoms with Crippen LogP contribution in [0.4, 0.5) is 0 Å². The molecule has 2 nitrogen and oxygen atoms in total. The van der Waals surface area contributed by atoms with Gasteiger partial charge in [0.1, 0.15) is 11.4 Å². The van der Waals surface area contributed by atoms with Crippen LogP contribution in [0, 0.1) is 18.3 Å². The minimum Gasteiger partial charge on any atom is -0.487 e. The summed E-state index contributed by atoms with van der Waals surface area (Å²) in [5.41, 5.74) is 9.32. The average molecular weight is 287 g/mol. The van der Waals surface area contributed by atoms with Gasteiger partial charge in [-0.25, -0.2) is 0 Å². The Hall–Kier alpha value is -1.02. The smallest absolute Gasteiger partial charge is 0.124 e. The molecule has 1 atom stereocenters. The molecule has 1 aromatic carbocycles. The summed E-state index contributed by atoms with van der Waals surface area (Å²) < 4.78 is 6.47. The van der Waals surface area contributed by atoms with Crippen molar-refractivity contribution in [1.82, 2.24) is 0 Å². The highest BCUT2D eigenvalue weighted by Crippen LogP contribution is 2.49. The van der Waals surface area contributed by atoms with Gasteiger partial charge in [0.15, 0.2) is 0 Å². The molecule has 0 saturated heterocycles. The molecule has 0 amide bonds. The van der Waals surface area contributed by atoms with E-state index in [1.54, 1.807) is 0 Å². The number of benzene rings is 1. The Kier molecular flexibility index (Phi) is 3.56. The monoisotopic (exact) mass is 287 g/mol. The summed E-state index contributed by atoms with van der Waals surface area (Å²) in [4.78, 5) is 0. The Morgan fingerprint density at radius 1 is 1.19 bits per heavy atom. The number of fused-ring (bicyclic) bond motifs is 1. The zero-order chi connectivity index (χ0) is 15.3. The van der Waals surface area contributed by atoms with Crippen LogP contribution >= 0.6 is 0 Å². The highest BCUT2D eigenvalue weighted by molar-refractivity contribution is 5.41. The van der Waals surface area contributed by atoms with Crippen molar-refractivity contribution in [1.29, 1.82) is 0 Å². The van der Waals surface area contributed by atoms with E-state index in [2.05, 4.69) is 45.9 Å². The first kappa shape index (κ1) is 14.9. The summed E-state index contributed by atoms with van der Waals surface area (Å²) in [6.07, 6.45) is 5.79. The number of aryl methyl sites for hydroxylation is 1. The van der Waals surface area contributed by atoms with E-state index < -0.39 is 0 Å². The third-order valence-electron chi connectivity index (χ3n) is 5.60. The fraction of sp³-hybridized carbons (Fsp3) is 0.684. The van der Waals surface area contributed by atoms with Crippen LogP contribution in [0.2, 0.25) is 0 Å². The van der Waals surface area contributed by atoms with E-state index >= 15 is 0 Å². The lowest BCUT2D eigenvalue weighted by molar-refractivity contribution is -0.0254. The lowest BCUT2D eigenvalue weighted by Crippen LogP contribution is -2.46. The molecular weight excluding hydrogens is 258 g/mol. The lowest BCUT2D eigenvalue weighted by Gasteiger charge is -2.47. The molecular formula is C19H29NO. The standard InChI is InChI=1S/C19H29NO/c1-13-5-6-17-15(11-13)16(20)12-19(21-17)9-7-14(8-10-19)18(2,3)4/h5-6,11,14,16H,7-10,12,20H2,1-4H3. The first-order valence-electron chi connectivity index (χ1n) is 8.34. The first-order valence-corrected chi connectivity index (χ1v) is 8.34. The first-order chi connectivity index (χ1) is 9.79. The van der Waals surface area contributed by atoms with Crippen molar-refractivity contribution in [3.8, 4) is 5.75 Å². The van der Waals surface area contributed by atoms with Gasteiger partial charge in [-0.1, -0.05) is 38.5 Å². The normalized spacial score (nSPS) is 32.6. The number of nitrogens with two attached hydrogens (primary N) is 1. The maximum absolute atomic E-state index is 6.47. The van der Waals surface area contributed by atoms with Crippen LogP contribution in [0.5, 0.6) is 5.75 Å². The molecule has 21 heavy (non-hydrogen) atoms. The third kappa shape index (κ3) is 2.83. The number of rotatable bonds is 0. The molecule has 1 aliphatic heterocycles. The zero-order valence-electron chi connectivity index (χ0n) is 13.9. The van der Waals surface area contributed by atoms with Crippen LogP contribution in [0.1, 0.15) is 70.0 Å². The minimum atomic E-state index is -0.0105. The van der Waals surface area contributed by atoms with Gasteiger partial charge in [0.2, 0.25) is 0 Å². The molecule has 0 radical (unpaired) electrons. The fourth-order valence-corrected chi connectivity index (χ4v) is 4.15. The van der Waals surface area contributed by atoms with Gasteiger partial charge in [-0.05, 0) is 50.0 Å². The zero-order valence-corrected chi connectivity index (χ0v) is 13.9. The summed E-state index contributed by atoms with van der Waals surface area (Å²) in [7, 11) is 0. The van der Waals surface area contributed by atoms with E-state index in [0.29, 0.717) is 5.41 Å². The van der Waals surface area contributed by atoms with Gasteiger partial charge in [-0.15, -0.1) is 0 Å². The van der Waals surface area contributed by atoms with E-state index in [1.165, 1.54) is 24.0 Å². The SMILES string of the molecule is Cc1ccc2c(c1)C(N)CC1(CCC(C(C)(C)C)CC1)O2. The summed E-state index contributed by atoms with van der Waals surface area (Å²) >= 11 is 0. The lowest BCUT2D eigenvalue weighted by atomic mass is 9.66. The average Bonchev–Trinajstić information content (AvgIpc) is 2.39. The molecule has 1 aliphatic carbocycles. The molecule has 1 saturated carbocycles. The Morgan fingerprint density at radius 2 is 1.86 bits per heavy atom. The molecule has 0 aromatic heterocycles. The predicted octanol–water partition coefficient (Wildman–Crippen LogP) is 4.75. The van der Waals surface area contributed by atoms with Crippen molar-refractivity contribution in [3.05, 3.63) is 29.3 Å². The van der Waals surface area contributed by atoms with Gasteiger partial charge in [0, 0.05) is 18.0 Å². The predicted molar refractivity (Wildman–Crippen MR) is 87.5 cm³/mol. The second-order valence-electron chi connectivity index (χ2n) is 8.28. The summed E-state index contributed by atoms with van der Waals surface area (Å²) in [6.45, 7) is 9.20. The van der Waals surface area contributed by atoms with Gasteiger partial charge in [-0.2, -0.15) is 0 Å². The fourth-order valence-electron chi connectivity index (χ4n) is 4.15. The van der Waals surface area contributed by atoms with Crippen molar-refractivity contribution in [3.63, 3.8) is 0 Å². The maximum Gasteiger partial charge on any atom is 0.124 e. The number of hydrogen-bond acceptors (Lipinski definition) is 2. The van der Waals surface area contributed by atoms with E-state index in [-0.39, 0.29) is 11.6 Å². The second-order valence-corrected chi connectivity index (χ2v) is 8.28. The summed E-state index contributed by atoms with van der Waals surface area (Å²) in [5, 5.41) is 0. The largest absolute Gasteiger partial charge is 0.487 e. The van der Waals surface area contributed by atoms with Crippen LogP contribution < -0.4 is 10.5 Å². The molecule has 1 unspecified atom stereocenters. The Labute approximate surface area is 129 Å². The molecule has 2 heteroatoms. The molecule has 116 valence electrons. The van der Waals surface area contributed by atoms with E-state index in [9.17, 15) is 0 Å². The van der Waals surface area contributed by atoms with Gasteiger partial charge < -0.3 is 10.5 Å². The topological polar surface area (TPSA) is 35.2 Å². The Morgan fingerprint density at radius 3 is 2.48 bits per heavy atom. The molecule has 1 heterocycles. The highest BCUT2D eigenvalue weighted by Gasteiger charge is 2.44. The molecule has 1 aromatic rings. The molecule has 2 aliphatic rings. The Bertz CT molecular complexity index is 521. The van der Waals surface area contributed by atoms with E-state index in [0.717, 1.165) is 30.9 Å². The van der Waals surface area contributed by atoms with E-state index in [1.807, 2.05) is 0 Å². The van der Waals surface area contributed by atoms with Gasteiger partial charge in [0.05, 0.1) is 0 Å². The molecule has 0 bridgehead atoms. The van der Waals surface area contributed by atoms with Gasteiger partial charge >= 0.3 is 0 Å². The van der Waals surface area contributed by atoms with Crippen molar-refractivity contribution >= 4 is 0 Å². The van der Waals surface area contributed by atoms with Crippen molar-refractivity contribution in [2.45, 2.75) is 71.4 Å². The van der Waals surface area contributed by atoms with Crippen molar-refractivity contribution in [2.24, 2.45) is 17.1 Å². The second kappa shape index (κ2) is 5.01. The molecule has 2 N–H and O–H groups in total. The van der Waals surface area contributed by atoms with Crippen molar-refractivity contribution < 1.29 is 4.74 Å². The van der Waals surface area contributed by atoms with Crippen LogP contribution in [0.25, 0.3) is 0 Å². The van der Waals surface area contributed by atoms with Crippen LogP contribution in [-0.2, 0) is 0 Å². The number of ether oxygens (including phenoxy) is 1. The van der Waals surface area contributed by atoms with Crippen LogP contribution in [0.3, 0.4) is 0 Å². The van der Waals surface area contributed by atoms with Gasteiger partial charge in [0.25, 0.3) is 0 Å². The maximum atomic E-state index is 6.47. The minimum absolute atomic E-state index is 0.0105. The summed E-state index contributed by atoms with van der Waals surface area (Å²) in [5.74, 6) is 1.83. The van der Waals surface area contributed by atoms with E-state index in [4.69, 9.17) is 10.5 Å². The summed E-state index contributed by atoms with van der Waals surface area (Å²) in [6, 6.07) is 6.56. The third-order valence-corrected chi connectivity index (χ3v) is 5.60. The quantitative estimate of drug-likeness (QED) is 0.747. The highest BCUT2D eigenvalue weighted by atomic mass is 16.5. The van der Waals surface area contributed by atoms with Crippen molar-refractivity contribution in [2.75, 3.05) is 0 Å². The molecule has 1 fully saturated rings. The number of hydrogen-bond donors (Lipinski definition) is 1. The van der Waals surface area contributed by atoms with Crippen LogP contribution in [0.15, 0.2) is 18.2 Å². The van der Waals surface area contributed by atoms with Crippen LogP contribution in [-0.4, -0.2) is 5.60 Å². The molecule has 1 spiro atoms. The Balaban J connectivity index is 1.79.